The number of hydrogen-bond acceptors (Lipinski definition) is 4. The summed E-state index contributed by atoms with van der Waals surface area (Å²) in [6, 6.07) is 0. The summed E-state index contributed by atoms with van der Waals surface area (Å²) in [5, 5.41) is 21.6. The lowest BCUT2D eigenvalue weighted by molar-refractivity contribution is 0.0124. The Morgan fingerprint density at radius 1 is 1.43 bits per heavy atom. The van der Waals surface area contributed by atoms with Gasteiger partial charge in [0.1, 0.15) is 5.54 Å². The van der Waals surface area contributed by atoms with Crippen LogP contribution in [0.2, 0.25) is 0 Å². The fraction of sp³-hybridized carbons (Fsp3) is 0.900. The number of rotatable bonds is 4. The van der Waals surface area contributed by atoms with Crippen molar-refractivity contribution in [3.05, 3.63) is 0 Å². The van der Waals surface area contributed by atoms with E-state index in [1.807, 2.05) is 27.7 Å². The Morgan fingerprint density at radius 3 is 2.43 bits per heavy atom. The first-order valence-corrected chi connectivity index (χ1v) is 5.14. The molecular formula is C10H19N3O. The Bertz CT molecular complexity index is 246. The van der Waals surface area contributed by atoms with E-state index in [4.69, 9.17) is 0 Å². The Labute approximate surface area is 85.1 Å². The summed E-state index contributed by atoms with van der Waals surface area (Å²) in [6.45, 7) is 8.04. The van der Waals surface area contributed by atoms with Gasteiger partial charge in [0.15, 0.2) is 0 Å². The molecule has 0 spiro atoms. The lowest BCUT2D eigenvalue weighted by atomic mass is 9.67. The van der Waals surface area contributed by atoms with E-state index in [9.17, 15) is 5.11 Å². The number of hydrogen-bond donors (Lipinski definition) is 1. The molecular weight excluding hydrogens is 178 g/mol. The summed E-state index contributed by atoms with van der Waals surface area (Å²) in [6.07, 6.45) is 2.90. The van der Waals surface area contributed by atoms with E-state index in [2.05, 4.69) is 15.4 Å². The van der Waals surface area contributed by atoms with Crippen molar-refractivity contribution in [2.75, 3.05) is 0 Å². The van der Waals surface area contributed by atoms with E-state index in [0.717, 1.165) is 12.8 Å². The topological polar surface area (TPSA) is 57.3 Å². The normalized spacial score (nSPS) is 28.4. The summed E-state index contributed by atoms with van der Waals surface area (Å²) in [4.78, 5) is 0. The van der Waals surface area contributed by atoms with Gasteiger partial charge in [-0.25, -0.2) is 0 Å². The molecule has 0 aromatic carbocycles. The van der Waals surface area contributed by atoms with Gasteiger partial charge in [-0.2, -0.15) is 5.11 Å². The van der Waals surface area contributed by atoms with Crippen molar-refractivity contribution in [2.24, 2.45) is 20.9 Å². The smallest absolute Gasteiger partial charge is 0.128 e. The standard InChI is InChI=1S/C10H19N3O/c1-5-8(14)9(3,4)10(6-2)7-11-13-12-10/h7-8,14H,5-6H2,1-4H3. The predicted molar refractivity (Wildman–Crippen MR) is 56.4 cm³/mol. The highest BCUT2D eigenvalue weighted by atomic mass is 16.3. The molecule has 80 valence electrons. The lowest BCUT2D eigenvalue weighted by Gasteiger charge is -2.41. The van der Waals surface area contributed by atoms with Crippen molar-refractivity contribution in [3.63, 3.8) is 0 Å². The predicted octanol–water partition coefficient (Wildman–Crippen LogP) is 2.38. The molecule has 0 saturated heterocycles. The van der Waals surface area contributed by atoms with Gasteiger partial charge in [0.05, 0.1) is 12.3 Å². The van der Waals surface area contributed by atoms with Crippen molar-refractivity contribution in [3.8, 4) is 0 Å². The van der Waals surface area contributed by atoms with E-state index < -0.39 is 5.54 Å². The fourth-order valence-corrected chi connectivity index (χ4v) is 1.96. The van der Waals surface area contributed by atoms with Gasteiger partial charge >= 0.3 is 0 Å². The quantitative estimate of drug-likeness (QED) is 0.739. The van der Waals surface area contributed by atoms with Crippen LogP contribution in [-0.4, -0.2) is 23.0 Å². The minimum atomic E-state index is -0.428. The van der Waals surface area contributed by atoms with Gasteiger partial charge in [0, 0.05) is 5.41 Å². The van der Waals surface area contributed by atoms with Gasteiger partial charge in [-0.3, -0.25) is 0 Å². The molecule has 1 heterocycles. The summed E-state index contributed by atoms with van der Waals surface area (Å²) < 4.78 is 0. The molecule has 4 nitrogen and oxygen atoms in total. The Hall–Kier alpha value is -0.770. The van der Waals surface area contributed by atoms with E-state index >= 15 is 0 Å². The molecule has 2 atom stereocenters. The molecule has 0 radical (unpaired) electrons. The fourth-order valence-electron chi connectivity index (χ4n) is 1.96. The van der Waals surface area contributed by atoms with Gasteiger partial charge in [-0.15, -0.1) is 5.10 Å². The van der Waals surface area contributed by atoms with Crippen LogP contribution in [-0.2, 0) is 0 Å². The molecule has 0 amide bonds. The van der Waals surface area contributed by atoms with E-state index in [-0.39, 0.29) is 11.5 Å². The van der Waals surface area contributed by atoms with Gasteiger partial charge in [-0.05, 0) is 18.1 Å². The molecule has 2 unspecified atom stereocenters. The van der Waals surface area contributed by atoms with Gasteiger partial charge < -0.3 is 5.11 Å². The van der Waals surface area contributed by atoms with Crippen molar-refractivity contribution >= 4 is 6.21 Å². The first kappa shape index (κ1) is 11.3. The highest BCUT2D eigenvalue weighted by molar-refractivity contribution is 5.73. The first-order chi connectivity index (χ1) is 6.50. The number of aliphatic hydroxyl groups excluding tert-OH is 1. The highest BCUT2D eigenvalue weighted by Gasteiger charge is 2.48. The molecule has 1 N–H and O–H groups in total. The second kappa shape index (κ2) is 3.77. The molecule has 0 saturated carbocycles. The Balaban J connectivity index is 2.99. The van der Waals surface area contributed by atoms with Crippen LogP contribution in [0.4, 0.5) is 0 Å². The van der Waals surface area contributed by atoms with Crippen LogP contribution < -0.4 is 0 Å². The molecule has 0 aliphatic carbocycles. The van der Waals surface area contributed by atoms with Crippen LogP contribution in [0.3, 0.4) is 0 Å². The third kappa shape index (κ3) is 1.47. The van der Waals surface area contributed by atoms with Crippen molar-refractivity contribution < 1.29 is 5.11 Å². The lowest BCUT2D eigenvalue weighted by Crippen LogP contribution is -2.50. The van der Waals surface area contributed by atoms with E-state index in [0.29, 0.717) is 0 Å². The zero-order valence-corrected chi connectivity index (χ0v) is 9.36. The van der Waals surface area contributed by atoms with Crippen LogP contribution in [0.1, 0.15) is 40.5 Å². The van der Waals surface area contributed by atoms with Crippen LogP contribution in [0.25, 0.3) is 0 Å². The number of aliphatic hydroxyl groups is 1. The van der Waals surface area contributed by atoms with Crippen LogP contribution in [0, 0.1) is 5.41 Å². The maximum Gasteiger partial charge on any atom is 0.128 e. The van der Waals surface area contributed by atoms with Crippen molar-refractivity contribution in [1.29, 1.82) is 0 Å². The zero-order valence-electron chi connectivity index (χ0n) is 9.36. The monoisotopic (exact) mass is 197 g/mol. The Kier molecular flexibility index (Phi) is 3.04. The molecule has 0 bridgehead atoms. The van der Waals surface area contributed by atoms with Gasteiger partial charge in [0.2, 0.25) is 0 Å². The Morgan fingerprint density at radius 2 is 2.07 bits per heavy atom. The van der Waals surface area contributed by atoms with Crippen LogP contribution in [0.15, 0.2) is 15.4 Å². The molecule has 0 aromatic heterocycles. The number of nitrogens with zero attached hydrogens (tertiary/aromatic N) is 3. The maximum absolute atomic E-state index is 9.98. The van der Waals surface area contributed by atoms with Gasteiger partial charge in [-0.1, -0.05) is 27.7 Å². The van der Waals surface area contributed by atoms with Crippen molar-refractivity contribution in [2.45, 2.75) is 52.2 Å². The minimum absolute atomic E-state index is 0.319. The molecule has 0 aromatic rings. The molecule has 4 heteroatoms. The third-order valence-electron chi connectivity index (χ3n) is 3.42. The summed E-state index contributed by atoms with van der Waals surface area (Å²) in [7, 11) is 0. The first-order valence-electron chi connectivity index (χ1n) is 5.14. The third-order valence-corrected chi connectivity index (χ3v) is 3.42. The maximum atomic E-state index is 9.98. The van der Waals surface area contributed by atoms with E-state index in [1.54, 1.807) is 6.21 Å². The molecule has 1 rings (SSSR count). The average Bonchev–Trinajstić information content (AvgIpc) is 2.66. The molecule has 0 fully saturated rings. The van der Waals surface area contributed by atoms with Crippen LogP contribution >= 0.6 is 0 Å². The average molecular weight is 197 g/mol. The largest absolute Gasteiger partial charge is 0.392 e. The molecule has 14 heavy (non-hydrogen) atoms. The summed E-state index contributed by atoms with van der Waals surface area (Å²) in [5.41, 5.74) is -0.748. The summed E-state index contributed by atoms with van der Waals surface area (Å²) >= 11 is 0. The minimum Gasteiger partial charge on any atom is -0.392 e. The van der Waals surface area contributed by atoms with Crippen LogP contribution in [0.5, 0.6) is 0 Å². The van der Waals surface area contributed by atoms with E-state index in [1.165, 1.54) is 0 Å². The SMILES string of the molecule is CCC(O)C(C)(C)C1(CC)C=NN=N1. The van der Waals surface area contributed by atoms with Crippen molar-refractivity contribution in [1.82, 2.24) is 0 Å². The van der Waals surface area contributed by atoms with Gasteiger partial charge in [0.25, 0.3) is 0 Å². The zero-order chi connectivity index (χ0) is 10.8. The molecule has 1 aliphatic rings. The highest BCUT2D eigenvalue weighted by Crippen LogP contribution is 2.41. The second-order valence-electron chi connectivity index (χ2n) is 4.36. The summed E-state index contributed by atoms with van der Waals surface area (Å²) in [5.74, 6) is 0. The molecule has 1 aliphatic heterocycles. The second-order valence-corrected chi connectivity index (χ2v) is 4.36.